The first-order valence-corrected chi connectivity index (χ1v) is 6.99. The van der Waals surface area contributed by atoms with Crippen LogP contribution in [0.2, 0.25) is 0 Å². The molecule has 0 aliphatic heterocycles. The Kier molecular flexibility index (Phi) is 7.08. The Morgan fingerprint density at radius 3 is 2.48 bits per heavy atom. The summed E-state index contributed by atoms with van der Waals surface area (Å²) >= 11 is 0. The number of anilines is 1. The van der Waals surface area contributed by atoms with Crippen LogP contribution in [0, 0.1) is 0 Å². The normalized spacial score (nSPS) is 10.0. The van der Waals surface area contributed by atoms with Crippen LogP contribution in [-0.4, -0.2) is 25.3 Å². The SMILES string of the molecule is CCCCOC(=O)c1ccc(OC(=O)OCCC)cc1N. The van der Waals surface area contributed by atoms with Gasteiger partial charge >= 0.3 is 12.1 Å². The minimum Gasteiger partial charge on any atom is -0.462 e. The lowest BCUT2D eigenvalue weighted by molar-refractivity contribution is 0.0501. The second kappa shape index (κ2) is 8.84. The summed E-state index contributed by atoms with van der Waals surface area (Å²) in [7, 11) is 0. The van der Waals surface area contributed by atoms with Gasteiger partial charge in [-0.1, -0.05) is 20.3 Å². The average Bonchev–Trinajstić information content (AvgIpc) is 2.45. The summed E-state index contributed by atoms with van der Waals surface area (Å²) in [5.41, 5.74) is 6.21. The fraction of sp³-hybridized carbons (Fsp3) is 0.467. The van der Waals surface area contributed by atoms with Crippen LogP contribution in [0.15, 0.2) is 18.2 Å². The zero-order chi connectivity index (χ0) is 15.7. The van der Waals surface area contributed by atoms with Gasteiger partial charge in [-0.05, 0) is 25.0 Å². The van der Waals surface area contributed by atoms with Crippen molar-refractivity contribution in [2.75, 3.05) is 18.9 Å². The third-order valence-corrected chi connectivity index (χ3v) is 2.60. The molecule has 0 heterocycles. The molecule has 0 aliphatic carbocycles. The van der Waals surface area contributed by atoms with Crippen molar-refractivity contribution in [2.24, 2.45) is 0 Å². The van der Waals surface area contributed by atoms with Crippen LogP contribution < -0.4 is 10.5 Å². The highest BCUT2D eigenvalue weighted by molar-refractivity contribution is 5.95. The first-order valence-electron chi connectivity index (χ1n) is 6.99. The summed E-state index contributed by atoms with van der Waals surface area (Å²) < 4.78 is 14.8. The number of hydrogen-bond acceptors (Lipinski definition) is 6. The second-order valence-electron chi connectivity index (χ2n) is 4.44. The van der Waals surface area contributed by atoms with Crippen LogP contribution in [0.3, 0.4) is 0 Å². The third-order valence-electron chi connectivity index (χ3n) is 2.60. The Labute approximate surface area is 124 Å². The van der Waals surface area contributed by atoms with Crippen LogP contribution in [0.5, 0.6) is 5.75 Å². The van der Waals surface area contributed by atoms with E-state index in [1.54, 1.807) is 0 Å². The first-order chi connectivity index (χ1) is 10.1. The molecule has 2 N–H and O–H groups in total. The standard InChI is InChI=1S/C15H21NO5/c1-3-5-9-19-14(17)12-7-6-11(10-13(12)16)21-15(18)20-8-4-2/h6-7,10H,3-5,8-9,16H2,1-2H3. The number of esters is 1. The van der Waals surface area contributed by atoms with Gasteiger partial charge in [0.15, 0.2) is 0 Å². The molecule has 0 bridgehead atoms. The predicted octanol–water partition coefficient (Wildman–Crippen LogP) is 3.15. The van der Waals surface area contributed by atoms with E-state index in [0.29, 0.717) is 13.0 Å². The van der Waals surface area contributed by atoms with Gasteiger partial charge in [0.1, 0.15) is 5.75 Å². The molecular weight excluding hydrogens is 274 g/mol. The predicted molar refractivity (Wildman–Crippen MR) is 78.3 cm³/mol. The summed E-state index contributed by atoms with van der Waals surface area (Å²) in [6.45, 7) is 4.53. The first kappa shape index (κ1) is 16.8. The summed E-state index contributed by atoms with van der Waals surface area (Å²) in [5.74, 6) is -0.264. The quantitative estimate of drug-likeness (QED) is 0.360. The molecule has 21 heavy (non-hydrogen) atoms. The molecule has 0 fully saturated rings. The van der Waals surface area contributed by atoms with E-state index < -0.39 is 12.1 Å². The number of rotatable bonds is 7. The molecule has 0 aromatic heterocycles. The summed E-state index contributed by atoms with van der Waals surface area (Å²) in [5, 5.41) is 0. The molecule has 116 valence electrons. The number of carbonyl (C=O) groups is 2. The Morgan fingerprint density at radius 1 is 1.10 bits per heavy atom. The van der Waals surface area contributed by atoms with Gasteiger partial charge in [0, 0.05) is 11.8 Å². The molecule has 0 saturated heterocycles. The van der Waals surface area contributed by atoms with E-state index in [0.717, 1.165) is 12.8 Å². The van der Waals surface area contributed by atoms with Gasteiger partial charge in [-0.2, -0.15) is 0 Å². The highest BCUT2D eigenvalue weighted by Crippen LogP contribution is 2.21. The van der Waals surface area contributed by atoms with Gasteiger partial charge < -0.3 is 19.9 Å². The van der Waals surface area contributed by atoms with Crippen molar-refractivity contribution in [1.29, 1.82) is 0 Å². The highest BCUT2D eigenvalue weighted by atomic mass is 16.7. The topological polar surface area (TPSA) is 87.8 Å². The lowest BCUT2D eigenvalue weighted by atomic mass is 10.2. The monoisotopic (exact) mass is 295 g/mol. The van der Waals surface area contributed by atoms with Gasteiger partial charge in [-0.25, -0.2) is 9.59 Å². The van der Waals surface area contributed by atoms with E-state index >= 15 is 0 Å². The number of carbonyl (C=O) groups excluding carboxylic acids is 2. The maximum absolute atomic E-state index is 11.8. The van der Waals surface area contributed by atoms with Gasteiger partial charge in [0.05, 0.1) is 18.8 Å². The number of nitrogen functional groups attached to an aromatic ring is 1. The fourth-order valence-corrected chi connectivity index (χ4v) is 1.49. The van der Waals surface area contributed by atoms with Crippen LogP contribution in [-0.2, 0) is 9.47 Å². The van der Waals surface area contributed by atoms with Gasteiger partial charge in [0.25, 0.3) is 0 Å². The maximum atomic E-state index is 11.8. The molecule has 0 aliphatic rings. The highest BCUT2D eigenvalue weighted by Gasteiger charge is 2.13. The van der Waals surface area contributed by atoms with E-state index in [-0.39, 0.29) is 23.6 Å². The van der Waals surface area contributed by atoms with Crippen molar-refractivity contribution in [3.63, 3.8) is 0 Å². The van der Waals surface area contributed by atoms with Crippen LogP contribution in [0.4, 0.5) is 10.5 Å². The molecular formula is C15H21NO5. The summed E-state index contributed by atoms with van der Waals surface area (Å²) in [6.07, 6.45) is 1.65. The molecule has 6 heteroatoms. The van der Waals surface area contributed by atoms with E-state index in [2.05, 4.69) is 0 Å². The molecule has 1 aromatic rings. The van der Waals surface area contributed by atoms with E-state index in [1.165, 1.54) is 18.2 Å². The van der Waals surface area contributed by atoms with Crippen molar-refractivity contribution >= 4 is 17.8 Å². The van der Waals surface area contributed by atoms with Gasteiger partial charge in [0.2, 0.25) is 0 Å². The summed E-state index contributed by atoms with van der Waals surface area (Å²) in [6, 6.07) is 4.33. The van der Waals surface area contributed by atoms with Crippen molar-refractivity contribution < 1.29 is 23.8 Å². The zero-order valence-electron chi connectivity index (χ0n) is 12.4. The average molecular weight is 295 g/mol. The van der Waals surface area contributed by atoms with Gasteiger partial charge in [-0.3, -0.25) is 0 Å². The molecule has 1 aromatic carbocycles. The molecule has 1 rings (SSSR count). The largest absolute Gasteiger partial charge is 0.513 e. The van der Waals surface area contributed by atoms with Crippen molar-refractivity contribution in [3.8, 4) is 5.75 Å². The fourth-order valence-electron chi connectivity index (χ4n) is 1.49. The van der Waals surface area contributed by atoms with Crippen molar-refractivity contribution in [2.45, 2.75) is 33.1 Å². The Hall–Kier alpha value is -2.24. The lowest BCUT2D eigenvalue weighted by Crippen LogP contribution is -2.12. The smallest absolute Gasteiger partial charge is 0.462 e. The second-order valence-corrected chi connectivity index (χ2v) is 4.44. The third kappa shape index (κ3) is 5.72. The van der Waals surface area contributed by atoms with E-state index in [1.807, 2.05) is 13.8 Å². The van der Waals surface area contributed by atoms with Crippen LogP contribution in [0.25, 0.3) is 0 Å². The Balaban J connectivity index is 2.63. The number of nitrogens with two attached hydrogens (primary N) is 1. The molecule has 0 spiro atoms. The Morgan fingerprint density at radius 2 is 1.86 bits per heavy atom. The van der Waals surface area contributed by atoms with Gasteiger partial charge in [-0.15, -0.1) is 0 Å². The molecule has 0 amide bonds. The zero-order valence-corrected chi connectivity index (χ0v) is 12.4. The Bertz CT molecular complexity index is 487. The number of unbranched alkanes of at least 4 members (excludes halogenated alkanes) is 1. The maximum Gasteiger partial charge on any atom is 0.513 e. The number of ether oxygens (including phenoxy) is 3. The number of benzene rings is 1. The van der Waals surface area contributed by atoms with Crippen LogP contribution in [0.1, 0.15) is 43.5 Å². The lowest BCUT2D eigenvalue weighted by Gasteiger charge is -2.09. The number of hydrogen-bond donors (Lipinski definition) is 1. The molecule has 0 radical (unpaired) electrons. The van der Waals surface area contributed by atoms with E-state index in [9.17, 15) is 9.59 Å². The van der Waals surface area contributed by atoms with Crippen molar-refractivity contribution in [1.82, 2.24) is 0 Å². The van der Waals surface area contributed by atoms with Crippen molar-refractivity contribution in [3.05, 3.63) is 23.8 Å². The minimum atomic E-state index is -0.797. The molecule has 0 unspecified atom stereocenters. The van der Waals surface area contributed by atoms with E-state index in [4.69, 9.17) is 19.9 Å². The summed E-state index contributed by atoms with van der Waals surface area (Å²) in [4.78, 5) is 23.1. The minimum absolute atomic E-state index is 0.192. The molecule has 0 atom stereocenters. The molecule has 0 saturated carbocycles. The van der Waals surface area contributed by atoms with Crippen LogP contribution >= 0.6 is 0 Å². The molecule has 6 nitrogen and oxygen atoms in total.